The molecule has 2 atom stereocenters. The Labute approximate surface area is 139 Å². The molecule has 0 aromatic heterocycles. The van der Waals surface area contributed by atoms with E-state index in [-0.39, 0.29) is 11.9 Å². The molecule has 0 radical (unpaired) electrons. The van der Waals surface area contributed by atoms with Crippen molar-refractivity contribution in [2.45, 2.75) is 105 Å². The first-order valence-corrected chi connectivity index (χ1v) is 9.86. The van der Waals surface area contributed by atoms with Gasteiger partial charge in [-0.2, -0.15) is 0 Å². The lowest BCUT2D eigenvalue weighted by Crippen LogP contribution is -2.21. The van der Waals surface area contributed by atoms with E-state index in [0.717, 1.165) is 25.7 Å². The monoisotopic (exact) mass is 312 g/mol. The molecule has 0 aromatic rings. The maximum Gasteiger partial charge on any atom is 0.308 e. The van der Waals surface area contributed by atoms with Crippen molar-refractivity contribution in [3.63, 3.8) is 0 Å². The first kappa shape index (κ1) is 21.5. The molecule has 132 valence electrons. The van der Waals surface area contributed by atoms with Gasteiger partial charge in [-0.05, 0) is 25.2 Å². The minimum atomic E-state index is 0.0623. The summed E-state index contributed by atoms with van der Waals surface area (Å²) in [5.41, 5.74) is 0. The second kappa shape index (κ2) is 15.4. The topological polar surface area (TPSA) is 26.3 Å². The van der Waals surface area contributed by atoms with E-state index >= 15 is 0 Å². The predicted molar refractivity (Wildman–Crippen MR) is 96.0 cm³/mol. The Morgan fingerprint density at radius 3 is 2.05 bits per heavy atom. The van der Waals surface area contributed by atoms with Crippen LogP contribution < -0.4 is 0 Å². The number of carbonyl (C=O) groups is 1. The number of esters is 1. The van der Waals surface area contributed by atoms with Crippen LogP contribution in [0.5, 0.6) is 0 Å². The van der Waals surface area contributed by atoms with Gasteiger partial charge in [-0.25, -0.2) is 0 Å². The first-order chi connectivity index (χ1) is 10.7. The van der Waals surface area contributed by atoms with E-state index in [4.69, 9.17) is 4.74 Å². The van der Waals surface area contributed by atoms with Crippen LogP contribution in [-0.4, -0.2) is 12.6 Å². The maximum absolute atomic E-state index is 12.3. The Kier molecular flexibility index (Phi) is 15.0. The zero-order valence-electron chi connectivity index (χ0n) is 15.7. The van der Waals surface area contributed by atoms with Gasteiger partial charge in [-0.1, -0.05) is 85.5 Å². The van der Waals surface area contributed by atoms with Gasteiger partial charge in [0.15, 0.2) is 0 Å². The molecule has 2 heteroatoms. The van der Waals surface area contributed by atoms with Crippen LogP contribution in [0.3, 0.4) is 0 Å². The fourth-order valence-corrected chi connectivity index (χ4v) is 2.94. The molecule has 0 fully saturated rings. The zero-order chi connectivity index (χ0) is 16.6. The van der Waals surface area contributed by atoms with Gasteiger partial charge in [-0.3, -0.25) is 4.79 Å². The molecule has 0 amide bonds. The SMILES string of the molecule is CCCCCCCC(CCC)C(=O)OCC(CC)CCCC. The van der Waals surface area contributed by atoms with Crippen molar-refractivity contribution >= 4 is 5.97 Å². The van der Waals surface area contributed by atoms with Crippen LogP contribution in [0.2, 0.25) is 0 Å². The van der Waals surface area contributed by atoms with E-state index in [0.29, 0.717) is 12.5 Å². The predicted octanol–water partition coefficient (Wildman–Crippen LogP) is 6.52. The molecule has 0 N–H and O–H groups in total. The van der Waals surface area contributed by atoms with Crippen molar-refractivity contribution in [3.05, 3.63) is 0 Å². The summed E-state index contributed by atoms with van der Waals surface area (Å²) < 4.78 is 5.65. The van der Waals surface area contributed by atoms with Gasteiger partial charge in [0.05, 0.1) is 12.5 Å². The van der Waals surface area contributed by atoms with Crippen molar-refractivity contribution < 1.29 is 9.53 Å². The Morgan fingerprint density at radius 2 is 1.45 bits per heavy atom. The summed E-state index contributed by atoms with van der Waals surface area (Å²) in [7, 11) is 0. The highest BCUT2D eigenvalue weighted by molar-refractivity contribution is 5.72. The standard InChI is InChI=1S/C20H40O2/c1-5-9-11-12-13-16-19(14-7-3)20(21)22-17-18(8-4)15-10-6-2/h18-19H,5-17H2,1-4H3. The van der Waals surface area contributed by atoms with Crippen molar-refractivity contribution in [3.8, 4) is 0 Å². The van der Waals surface area contributed by atoms with Crippen LogP contribution in [0.15, 0.2) is 0 Å². The summed E-state index contributed by atoms with van der Waals surface area (Å²) in [6, 6.07) is 0. The normalized spacial score (nSPS) is 13.8. The lowest BCUT2D eigenvalue weighted by molar-refractivity contribution is -0.150. The molecule has 0 saturated carbocycles. The van der Waals surface area contributed by atoms with Gasteiger partial charge in [0, 0.05) is 0 Å². The molecule has 22 heavy (non-hydrogen) atoms. The molecule has 0 aliphatic carbocycles. The van der Waals surface area contributed by atoms with E-state index < -0.39 is 0 Å². The van der Waals surface area contributed by atoms with Crippen LogP contribution in [0.25, 0.3) is 0 Å². The summed E-state index contributed by atoms with van der Waals surface area (Å²) in [6.07, 6.45) is 14.2. The smallest absolute Gasteiger partial charge is 0.308 e. The van der Waals surface area contributed by atoms with Gasteiger partial charge < -0.3 is 4.74 Å². The summed E-state index contributed by atoms with van der Waals surface area (Å²) in [5.74, 6) is 0.748. The Balaban J connectivity index is 4.05. The van der Waals surface area contributed by atoms with E-state index in [1.807, 2.05) is 0 Å². The summed E-state index contributed by atoms with van der Waals surface area (Å²) in [5, 5.41) is 0. The third-order valence-electron chi connectivity index (χ3n) is 4.63. The highest BCUT2D eigenvalue weighted by Crippen LogP contribution is 2.20. The van der Waals surface area contributed by atoms with Crippen molar-refractivity contribution in [1.29, 1.82) is 0 Å². The maximum atomic E-state index is 12.3. The molecule has 0 bridgehead atoms. The molecule has 2 unspecified atom stereocenters. The molecule has 0 aromatic carbocycles. The number of hydrogen-bond donors (Lipinski definition) is 0. The third-order valence-corrected chi connectivity index (χ3v) is 4.63. The molecule has 0 aliphatic rings. The molecule has 0 heterocycles. The van der Waals surface area contributed by atoms with Gasteiger partial charge in [0.1, 0.15) is 0 Å². The molecular weight excluding hydrogens is 272 g/mol. The van der Waals surface area contributed by atoms with E-state index in [9.17, 15) is 4.79 Å². The summed E-state index contributed by atoms with van der Waals surface area (Å²) >= 11 is 0. The Bertz CT molecular complexity index is 250. The number of ether oxygens (including phenoxy) is 1. The van der Waals surface area contributed by atoms with Crippen LogP contribution >= 0.6 is 0 Å². The molecule has 0 saturated heterocycles. The lowest BCUT2D eigenvalue weighted by atomic mass is 9.96. The minimum absolute atomic E-state index is 0.0623. The largest absolute Gasteiger partial charge is 0.465 e. The third kappa shape index (κ3) is 11.1. The average Bonchev–Trinajstić information content (AvgIpc) is 2.53. The fourth-order valence-electron chi connectivity index (χ4n) is 2.94. The summed E-state index contributed by atoms with van der Waals surface area (Å²) in [4.78, 5) is 12.3. The molecule has 0 aliphatic heterocycles. The number of hydrogen-bond acceptors (Lipinski definition) is 2. The Morgan fingerprint density at radius 1 is 0.773 bits per heavy atom. The highest BCUT2D eigenvalue weighted by atomic mass is 16.5. The summed E-state index contributed by atoms with van der Waals surface area (Å²) in [6.45, 7) is 9.44. The quantitative estimate of drug-likeness (QED) is 0.254. The van der Waals surface area contributed by atoms with E-state index in [2.05, 4.69) is 27.7 Å². The number of unbranched alkanes of at least 4 members (excludes halogenated alkanes) is 5. The Hall–Kier alpha value is -0.530. The van der Waals surface area contributed by atoms with Crippen molar-refractivity contribution in [2.24, 2.45) is 11.8 Å². The van der Waals surface area contributed by atoms with Crippen LogP contribution in [0.1, 0.15) is 105 Å². The van der Waals surface area contributed by atoms with E-state index in [1.54, 1.807) is 0 Å². The first-order valence-electron chi connectivity index (χ1n) is 9.86. The second-order valence-electron chi connectivity index (χ2n) is 6.74. The molecule has 0 spiro atoms. The molecule has 2 nitrogen and oxygen atoms in total. The van der Waals surface area contributed by atoms with Gasteiger partial charge in [0.25, 0.3) is 0 Å². The highest BCUT2D eigenvalue weighted by Gasteiger charge is 2.20. The fraction of sp³-hybridized carbons (Fsp3) is 0.950. The van der Waals surface area contributed by atoms with Crippen LogP contribution in [-0.2, 0) is 9.53 Å². The van der Waals surface area contributed by atoms with Crippen molar-refractivity contribution in [1.82, 2.24) is 0 Å². The number of carbonyl (C=O) groups excluding carboxylic acids is 1. The second-order valence-corrected chi connectivity index (χ2v) is 6.74. The van der Waals surface area contributed by atoms with Gasteiger partial charge in [-0.15, -0.1) is 0 Å². The van der Waals surface area contributed by atoms with E-state index in [1.165, 1.54) is 51.4 Å². The number of rotatable bonds is 15. The van der Waals surface area contributed by atoms with Crippen LogP contribution in [0, 0.1) is 11.8 Å². The molecule has 0 rings (SSSR count). The molecular formula is C20H40O2. The average molecular weight is 313 g/mol. The zero-order valence-corrected chi connectivity index (χ0v) is 15.7. The van der Waals surface area contributed by atoms with Gasteiger partial charge >= 0.3 is 5.97 Å². The van der Waals surface area contributed by atoms with Gasteiger partial charge in [0.2, 0.25) is 0 Å². The van der Waals surface area contributed by atoms with Crippen molar-refractivity contribution in [2.75, 3.05) is 6.61 Å². The van der Waals surface area contributed by atoms with Crippen LogP contribution in [0.4, 0.5) is 0 Å². The minimum Gasteiger partial charge on any atom is -0.465 e. The lowest BCUT2D eigenvalue weighted by Gasteiger charge is -2.19.